The molecule has 0 saturated heterocycles. The van der Waals surface area contributed by atoms with Crippen molar-refractivity contribution in [1.82, 2.24) is 4.98 Å². The van der Waals surface area contributed by atoms with Crippen molar-refractivity contribution in [3.63, 3.8) is 0 Å². The summed E-state index contributed by atoms with van der Waals surface area (Å²) in [6.45, 7) is 0. The lowest BCUT2D eigenvalue weighted by Gasteiger charge is -1.91. The number of aromatic nitrogens is 1. The van der Waals surface area contributed by atoms with Crippen molar-refractivity contribution in [1.29, 1.82) is 5.26 Å². The molecule has 0 saturated carbocycles. The fourth-order valence-corrected chi connectivity index (χ4v) is 1.91. The topological polar surface area (TPSA) is 62.7 Å². The molecular formula is C8H4FN3S. The lowest BCUT2D eigenvalue weighted by atomic mass is 10.2. The van der Waals surface area contributed by atoms with Crippen LogP contribution in [0.2, 0.25) is 0 Å². The summed E-state index contributed by atoms with van der Waals surface area (Å²) < 4.78 is 13.6. The van der Waals surface area contributed by atoms with E-state index in [0.717, 1.165) is 11.3 Å². The molecule has 0 unspecified atom stereocenters. The number of fused-ring (bicyclic) bond motifs is 1. The van der Waals surface area contributed by atoms with Crippen LogP contribution in [0.25, 0.3) is 10.2 Å². The first-order valence-electron chi connectivity index (χ1n) is 3.47. The van der Waals surface area contributed by atoms with Gasteiger partial charge in [0.05, 0.1) is 10.2 Å². The lowest BCUT2D eigenvalue weighted by molar-refractivity contribution is 0.626. The van der Waals surface area contributed by atoms with Crippen LogP contribution in [0.3, 0.4) is 0 Å². The summed E-state index contributed by atoms with van der Waals surface area (Å²) in [5.74, 6) is -0.529. The monoisotopic (exact) mass is 193 g/mol. The van der Waals surface area contributed by atoms with Gasteiger partial charge in [0.15, 0.2) is 5.13 Å². The number of nitrogen functional groups attached to an aromatic ring is 1. The molecule has 1 heterocycles. The van der Waals surface area contributed by atoms with Gasteiger partial charge in [-0.3, -0.25) is 0 Å². The van der Waals surface area contributed by atoms with Crippen LogP contribution < -0.4 is 5.73 Å². The van der Waals surface area contributed by atoms with Crippen molar-refractivity contribution in [2.24, 2.45) is 0 Å². The molecule has 3 nitrogen and oxygen atoms in total. The van der Waals surface area contributed by atoms with E-state index in [0.29, 0.717) is 15.3 Å². The maximum absolute atomic E-state index is 13.0. The number of thiazole rings is 1. The number of halogens is 1. The van der Waals surface area contributed by atoms with Crippen LogP contribution >= 0.6 is 11.3 Å². The predicted molar refractivity (Wildman–Crippen MR) is 48.7 cm³/mol. The van der Waals surface area contributed by atoms with E-state index in [1.165, 1.54) is 12.1 Å². The summed E-state index contributed by atoms with van der Waals surface area (Å²) >= 11 is 1.12. The van der Waals surface area contributed by atoms with Crippen LogP contribution in [0.15, 0.2) is 12.1 Å². The van der Waals surface area contributed by atoms with Gasteiger partial charge >= 0.3 is 0 Å². The molecule has 2 rings (SSSR count). The van der Waals surface area contributed by atoms with Crippen molar-refractivity contribution in [2.75, 3.05) is 5.73 Å². The lowest BCUT2D eigenvalue weighted by Crippen LogP contribution is -1.82. The second kappa shape index (κ2) is 2.68. The van der Waals surface area contributed by atoms with Crippen LogP contribution in [0, 0.1) is 17.1 Å². The van der Waals surface area contributed by atoms with Gasteiger partial charge in [0, 0.05) is 0 Å². The SMILES string of the molecule is N#Cc1c(F)ccc2nc(N)sc12. The Kier molecular flexibility index (Phi) is 1.64. The molecule has 0 aliphatic heterocycles. The van der Waals surface area contributed by atoms with E-state index in [9.17, 15) is 4.39 Å². The second-order valence-electron chi connectivity index (χ2n) is 2.43. The van der Waals surface area contributed by atoms with Crippen molar-refractivity contribution < 1.29 is 4.39 Å². The van der Waals surface area contributed by atoms with Crippen molar-refractivity contribution in [3.8, 4) is 6.07 Å². The number of hydrogen-bond acceptors (Lipinski definition) is 4. The molecule has 0 amide bonds. The van der Waals surface area contributed by atoms with Crippen LogP contribution in [0.5, 0.6) is 0 Å². The molecule has 0 radical (unpaired) electrons. The standard InChI is InChI=1S/C8H4FN3S/c9-5-1-2-6-7(4(5)3-10)13-8(11)12-6/h1-2H,(H2,11,12). The number of benzene rings is 1. The maximum atomic E-state index is 13.0. The first kappa shape index (κ1) is 7.95. The van der Waals surface area contributed by atoms with Gasteiger partial charge in [0.1, 0.15) is 17.4 Å². The third-order valence-electron chi connectivity index (χ3n) is 1.64. The highest BCUT2D eigenvalue weighted by atomic mass is 32.1. The summed E-state index contributed by atoms with van der Waals surface area (Å²) in [6.07, 6.45) is 0. The predicted octanol–water partition coefficient (Wildman–Crippen LogP) is 1.89. The highest BCUT2D eigenvalue weighted by Gasteiger charge is 2.10. The zero-order valence-corrected chi connectivity index (χ0v) is 7.23. The molecule has 13 heavy (non-hydrogen) atoms. The number of nitrogens with two attached hydrogens (primary N) is 1. The van der Waals surface area contributed by atoms with Gasteiger partial charge in [0.25, 0.3) is 0 Å². The van der Waals surface area contributed by atoms with E-state index < -0.39 is 5.82 Å². The minimum atomic E-state index is -0.529. The minimum absolute atomic E-state index is 0.0201. The number of hydrogen-bond donors (Lipinski definition) is 1. The molecule has 5 heteroatoms. The van der Waals surface area contributed by atoms with Gasteiger partial charge < -0.3 is 5.73 Å². The van der Waals surface area contributed by atoms with Gasteiger partial charge in [-0.25, -0.2) is 9.37 Å². The molecule has 2 aromatic rings. The average Bonchev–Trinajstić information content (AvgIpc) is 2.45. The van der Waals surface area contributed by atoms with Gasteiger partial charge in [-0.15, -0.1) is 0 Å². The number of anilines is 1. The Labute approximate surface area is 77.2 Å². The molecule has 0 aliphatic carbocycles. The van der Waals surface area contributed by atoms with Gasteiger partial charge in [0.2, 0.25) is 0 Å². The van der Waals surface area contributed by atoms with Crippen molar-refractivity contribution in [3.05, 3.63) is 23.5 Å². The Morgan fingerprint density at radius 1 is 1.54 bits per heavy atom. The van der Waals surface area contributed by atoms with E-state index in [1.807, 2.05) is 0 Å². The van der Waals surface area contributed by atoms with E-state index in [-0.39, 0.29) is 5.56 Å². The molecule has 2 N–H and O–H groups in total. The third kappa shape index (κ3) is 1.12. The summed E-state index contributed by atoms with van der Waals surface area (Å²) in [4.78, 5) is 3.94. The smallest absolute Gasteiger partial charge is 0.181 e. The molecule has 1 aromatic heterocycles. The molecule has 0 atom stereocenters. The molecule has 0 spiro atoms. The molecule has 64 valence electrons. The van der Waals surface area contributed by atoms with E-state index in [1.54, 1.807) is 6.07 Å². The van der Waals surface area contributed by atoms with Gasteiger partial charge in [-0.1, -0.05) is 11.3 Å². The summed E-state index contributed by atoms with van der Waals surface area (Å²) in [5, 5.41) is 9.02. The van der Waals surface area contributed by atoms with Crippen LogP contribution in [0.1, 0.15) is 5.56 Å². The zero-order chi connectivity index (χ0) is 9.42. The second-order valence-corrected chi connectivity index (χ2v) is 3.47. The Hall–Kier alpha value is -1.67. The quantitative estimate of drug-likeness (QED) is 0.694. The maximum Gasteiger partial charge on any atom is 0.181 e. The molecule has 0 bridgehead atoms. The average molecular weight is 193 g/mol. The van der Waals surface area contributed by atoms with Crippen molar-refractivity contribution in [2.45, 2.75) is 0 Å². The van der Waals surface area contributed by atoms with Crippen LogP contribution in [-0.4, -0.2) is 4.98 Å². The third-order valence-corrected chi connectivity index (χ3v) is 2.55. The Morgan fingerprint density at radius 3 is 3.00 bits per heavy atom. The molecule has 0 fully saturated rings. The summed E-state index contributed by atoms with van der Waals surface area (Å²) in [5.41, 5.74) is 6.03. The Morgan fingerprint density at radius 2 is 2.31 bits per heavy atom. The fraction of sp³-hybridized carbons (Fsp3) is 0. The van der Waals surface area contributed by atoms with Gasteiger partial charge in [-0.2, -0.15) is 5.26 Å². The highest BCUT2D eigenvalue weighted by molar-refractivity contribution is 7.22. The van der Waals surface area contributed by atoms with Crippen LogP contribution in [0.4, 0.5) is 9.52 Å². The fourth-order valence-electron chi connectivity index (χ4n) is 1.09. The van der Waals surface area contributed by atoms with Crippen molar-refractivity contribution >= 4 is 26.7 Å². The summed E-state index contributed by atoms with van der Waals surface area (Å²) in [7, 11) is 0. The highest BCUT2D eigenvalue weighted by Crippen LogP contribution is 2.28. The minimum Gasteiger partial charge on any atom is -0.375 e. The van der Waals surface area contributed by atoms with E-state index >= 15 is 0 Å². The Bertz CT molecular complexity index is 512. The van der Waals surface area contributed by atoms with Gasteiger partial charge in [-0.05, 0) is 12.1 Å². The largest absolute Gasteiger partial charge is 0.375 e. The number of nitrogens with zero attached hydrogens (tertiary/aromatic N) is 2. The van der Waals surface area contributed by atoms with E-state index in [4.69, 9.17) is 11.0 Å². The van der Waals surface area contributed by atoms with Crippen LogP contribution in [-0.2, 0) is 0 Å². The van der Waals surface area contributed by atoms with E-state index in [2.05, 4.69) is 4.98 Å². The summed E-state index contributed by atoms with van der Waals surface area (Å²) in [6, 6.07) is 4.53. The first-order chi connectivity index (χ1) is 6.22. The zero-order valence-electron chi connectivity index (χ0n) is 6.41. The Balaban J connectivity index is 2.93. The molecule has 1 aromatic carbocycles. The number of rotatable bonds is 0. The normalized spacial score (nSPS) is 10.2. The molecule has 0 aliphatic rings. The first-order valence-corrected chi connectivity index (χ1v) is 4.28. The molecular weight excluding hydrogens is 189 g/mol. The number of nitriles is 1.